The molecule has 0 bridgehead atoms. The van der Waals surface area contributed by atoms with Crippen LogP contribution >= 0.6 is 0 Å². The van der Waals surface area contributed by atoms with Crippen molar-refractivity contribution in [2.75, 3.05) is 19.6 Å². The number of fused-ring (bicyclic) bond motifs is 2. The van der Waals surface area contributed by atoms with Gasteiger partial charge in [-0.2, -0.15) is 0 Å². The molecule has 0 radical (unpaired) electrons. The van der Waals surface area contributed by atoms with E-state index in [1.807, 2.05) is 71.9 Å². The van der Waals surface area contributed by atoms with Gasteiger partial charge in [-0.15, -0.1) is 0 Å². The molecule has 258 valence electrons. The second-order valence-corrected chi connectivity index (χ2v) is 15.2. The molecule has 0 saturated carbocycles. The van der Waals surface area contributed by atoms with Gasteiger partial charge in [0.1, 0.15) is 34.0 Å². The van der Waals surface area contributed by atoms with Gasteiger partial charge in [-0.1, -0.05) is 12.1 Å². The minimum absolute atomic E-state index is 0.111. The number of aliphatic imine (C=N–C) groups is 1. The van der Waals surface area contributed by atoms with Crippen molar-refractivity contribution in [3.05, 3.63) is 64.2 Å². The van der Waals surface area contributed by atoms with Crippen molar-refractivity contribution in [1.82, 2.24) is 25.1 Å². The molecule has 3 aliphatic heterocycles. The molecule has 2 aromatic heterocycles. The number of aromatic amines is 1. The van der Waals surface area contributed by atoms with Gasteiger partial charge in [0.25, 0.3) is 0 Å². The first kappa shape index (κ1) is 32.7. The largest absolute Gasteiger partial charge is 0.456 e. The lowest BCUT2D eigenvalue weighted by atomic mass is 10.0. The summed E-state index contributed by atoms with van der Waals surface area (Å²) in [6.07, 6.45) is 4.44. The Labute approximate surface area is 284 Å². The molecule has 3 atom stereocenters. The van der Waals surface area contributed by atoms with Gasteiger partial charge in [0.2, 0.25) is 5.43 Å². The van der Waals surface area contributed by atoms with Crippen molar-refractivity contribution < 1.29 is 23.5 Å². The summed E-state index contributed by atoms with van der Waals surface area (Å²) in [6, 6.07) is 10.7. The number of carbonyl (C=O) groups excluding carboxylic acids is 2. The lowest BCUT2D eigenvalue weighted by Gasteiger charge is -2.29. The Balaban J connectivity index is 1.09. The molecule has 1 unspecified atom stereocenters. The van der Waals surface area contributed by atoms with Gasteiger partial charge in [-0.05, 0) is 97.1 Å². The van der Waals surface area contributed by atoms with E-state index >= 15 is 0 Å². The van der Waals surface area contributed by atoms with E-state index < -0.39 is 11.2 Å². The summed E-state index contributed by atoms with van der Waals surface area (Å²) in [5.74, 6) is 1.48. The zero-order valence-electron chi connectivity index (χ0n) is 29.0. The molecule has 12 heteroatoms. The summed E-state index contributed by atoms with van der Waals surface area (Å²) < 4.78 is 17.5. The fourth-order valence-electron chi connectivity index (χ4n) is 6.94. The Morgan fingerprint density at radius 2 is 1.53 bits per heavy atom. The van der Waals surface area contributed by atoms with Crippen molar-refractivity contribution in [1.29, 1.82) is 0 Å². The standard InChI is InChI=1S/C37H44N6O6/c1-36(2,3)48-34(45)42-15-7-9-27(42)32-38-19-25(40-32)21-12-14-29-24(17-21)31(44)23-13-11-22(18-30(23)47-29)26-20-39-33(41-26)28-10-8-16-43(28)35(46)49-37(4,5)6/h11-14,17-18,20,25,27-28H,7-10,15-16,19H2,1-6H3,(H,38,40)(H,39,41)/t25?,27-,28-/m0/s1. The Morgan fingerprint density at radius 1 is 0.857 bits per heavy atom. The highest BCUT2D eigenvalue weighted by atomic mass is 16.6. The van der Waals surface area contributed by atoms with E-state index in [1.54, 1.807) is 22.1 Å². The number of rotatable bonds is 4. The van der Waals surface area contributed by atoms with E-state index in [0.717, 1.165) is 48.3 Å². The molecule has 5 heterocycles. The fraction of sp³-hybridized carbons (Fsp3) is 0.486. The molecule has 2 N–H and O–H groups in total. The number of carbonyl (C=O) groups is 2. The van der Waals surface area contributed by atoms with E-state index in [4.69, 9.17) is 18.9 Å². The maximum Gasteiger partial charge on any atom is 0.410 e. The molecule has 2 fully saturated rings. The summed E-state index contributed by atoms with van der Waals surface area (Å²) in [5.41, 5.74) is 2.22. The maximum atomic E-state index is 13.7. The van der Waals surface area contributed by atoms with Crippen LogP contribution in [0.15, 0.2) is 56.8 Å². The number of benzene rings is 2. The molecular weight excluding hydrogens is 624 g/mol. The average molecular weight is 669 g/mol. The molecule has 3 aliphatic rings. The molecule has 2 saturated heterocycles. The van der Waals surface area contributed by atoms with Gasteiger partial charge in [-0.3, -0.25) is 19.6 Å². The smallest absolute Gasteiger partial charge is 0.410 e. The van der Waals surface area contributed by atoms with Crippen molar-refractivity contribution in [3.63, 3.8) is 0 Å². The van der Waals surface area contributed by atoms with Crippen LogP contribution < -0.4 is 10.7 Å². The highest BCUT2D eigenvalue weighted by Gasteiger charge is 2.38. The predicted octanol–water partition coefficient (Wildman–Crippen LogP) is 6.85. The number of ether oxygens (including phenoxy) is 2. The molecule has 12 nitrogen and oxygen atoms in total. The van der Waals surface area contributed by atoms with Crippen LogP contribution in [-0.2, 0) is 9.47 Å². The molecule has 7 rings (SSSR count). The minimum Gasteiger partial charge on any atom is -0.456 e. The topological polar surface area (TPSA) is 142 Å². The number of H-pyrrole nitrogens is 1. The first-order chi connectivity index (χ1) is 23.2. The summed E-state index contributed by atoms with van der Waals surface area (Å²) in [7, 11) is 0. The van der Waals surface area contributed by atoms with Crippen LogP contribution in [-0.4, -0.2) is 74.7 Å². The number of likely N-dealkylation sites (tertiary alicyclic amines) is 2. The number of hydrogen-bond acceptors (Lipinski definition) is 9. The Kier molecular flexibility index (Phi) is 8.15. The van der Waals surface area contributed by atoms with Gasteiger partial charge in [0.15, 0.2) is 0 Å². The maximum absolute atomic E-state index is 13.7. The molecule has 0 aliphatic carbocycles. The van der Waals surface area contributed by atoms with Crippen molar-refractivity contribution in [2.24, 2.45) is 4.99 Å². The summed E-state index contributed by atoms with van der Waals surface area (Å²) >= 11 is 0. The van der Waals surface area contributed by atoms with Crippen LogP contribution in [0.4, 0.5) is 9.59 Å². The first-order valence-corrected chi connectivity index (χ1v) is 17.1. The number of nitrogens with zero attached hydrogens (tertiary/aromatic N) is 4. The SMILES string of the molecule is CC(C)(C)OC(=O)N1CCC[C@H]1C1=NCC(c2ccc3oc4cc(-c5cnc([C@@H]6CCCN6C(=O)OC(C)(C)C)[nH]5)ccc4c(=O)c3c2)N1. The van der Waals surface area contributed by atoms with Gasteiger partial charge >= 0.3 is 12.2 Å². The van der Waals surface area contributed by atoms with Gasteiger partial charge in [-0.25, -0.2) is 14.6 Å². The molecule has 49 heavy (non-hydrogen) atoms. The van der Waals surface area contributed by atoms with Gasteiger partial charge in [0, 0.05) is 18.7 Å². The number of amides is 2. The van der Waals surface area contributed by atoms with E-state index in [-0.39, 0.29) is 35.7 Å². The van der Waals surface area contributed by atoms with E-state index in [0.29, 0.717) is 47.4 Å². The van der Waals surface area contributed by atoms with Crippen LogP contribution in [0, 0.1) is 0 Å². The van der Waals surface area contributed by atoms with E-state index in [9.17, 15) is 14.4 Å². The summed E-state index contributed by atoms with van der Waals surface area (Å²) in [4.78, 5) is 55.7. The lowest BCUT2D eigenvalue weighted by Crippen LogP contribution is -2.46. The molecule has 2 aromatic carbocycles. The van der Waals surface area contributed by atoms with Gasteiger partial charge < -0.3 is 24.2 Å². The normalized spacial score (nSPS) is 21.3. The monoisotopic (exact) mass is 668 g/mol. The zero-order chi connectivity index (χ0) is 34.7. The van der Waals surface area contributed by atoms with Crippen molar-refractivity contribution in [3.8, 4) is 11.3 Å². The second kappa shape index (κ2) is 12.2. The average Bonchev–Trinajstić information content (AvgIpc) is 3.85. The number of nitrogens with one attached hydrogen (secondary N) is 2. The molecule has 2 amide bonds. The number of amidine groups is 1. The van der Waals surface area contributed by atoms with Crippen LogP contribution in [0.3, 0.4) is 0 Å². The predicted molar refractivity (Wildman–Crippen MR) is 187 cm³/mol. The van der Waals surface area contributed by atoms with Gasteiger partial charge in [0.05, 0.1) is 47.3 Å². The Morgan fingerprint density at radius 3 is 2.22 bits per heavy atom. The molecule has 0 spiro atoms. The fourth-order valence-corrected chi connectivity index (χ4v) is 6.94. The lowest BCUT2D eigenvalue weighted by molar-refractivity contribution is 0.0216. The van der Waals surface area contributed by atoms with E-state index in [1.165, 1.54) is 0 Å². The Bertz CT molecular complexity index is 2020. The highest BCUT2D eigenvalue weighted by Crippen LogP contribution is 2.34. The van der Waals surface area contributed by atoms with Crippen molar-refractivity contribution in [2.45, 2.75) is 96.6 Å². The Hall–Kier alpha value is -4.87. The first-order valence-electron chi connectivity index (χ1n) is 17.1. The van der Waals surface area contributed by atoms with Crippen LogP contribution in [0.5, 0.6) is 0 Å². The molecular formula is C37H44N6O6. The van der Waals surface area contributed by atoms with Crippen molar-refractivity contribution >= 4 is 40.0 Å². The quantitative estimate of drug-likeness (QED) is 0.225. The number of hydrogen-bond donors (Lipinski definition) is 2. The number of imidazole rings is 1. The van der Waals surface area contributed by atoms with E-state index in [2.05, 4.69) is 15.3 Å². The third-order valence-electron chi connectivity index (χ3n) is 9.16. The summed E-state index contributed by atoms with van der Waals surface area (Å²) in [5, 5.41) is 4.49. The summed E-state index contributed by atoms with van der Waals surface area (Å²) in [6.45, 7) is 12.9. The third-order valence-corrected chi connectivity index (χ3v) is 9.16. The highest BCUT2D eigenvalue weighted by molar-refractivity contribution is 5.94. The van der Waals surface area contributed by atoms with Crippen LogP contribution in [0.2, 0.25) is 0 Å². The molecule has 4 aromatic rings. The minimum atomic E-state index is -0.577. The number of aromatic nitrogens is 2. The van der Waals surface area contributed by atoms with Crippen LogP contribution in [0.25, 0.3) is 33.2 Å². The third kappa shape index (κ3) is 6.60. The van der Waals surface area contributed by atoms with Crippen LogP contribution in [0.1, 0.15) is 90.7 Å². The zero-order valence-corrected chi connectivity index (χ0v) is 29.0. The second-order valence-electron chi connectivity index (χ2n) is 15.2.